The predicted octanol–water partition coefficient (Wildman–Crippen LogP) is 2.40. The number of nitrogens with zero attached hydrogens (tertiary/aromatic N) is 2. The van der Waals surface area contributed by atoms with Crippen molar-refractivity contribution in [3.63, 3.8) is 0 Å². The SMILES string of the molecule is CCc1ccc(C(C)N2CCCN(CC(=O)O)CC2)cc1. The Morgan fingerprint density at radius 1 is 1.19 bits per heavy atom. The third-order valence-electron chi connectivity index (χ3n) is 4.40. The van der Waals surface area contributed by atoms with Crippen molar-refractivity contribution in [1.29, 1.82) is 0 Å². The lowest BCUT2D eigenvalue weighted by Gasteiger charge is -2.28. The van der Waals surface area contributed by atoms with Crippen LogP contribution in [-0.4, -0.2) is 53.6 Å². The fourth-order valence-corrected chi connectivity index (χ4v) is 2.97. The van der Waals surface area contributed by atoms with Gasteiger partial charge in [0.15, 0.2) is 0 Å². The van der Waals surface area contributed by atoms with Crippen molar-refractivity contribution in [2.75, 3.05) is 32.7 Å². The number of hydrogen-bond donors (Lipinski definition) is 1. The molecule has 1 aromatic carbocycles. The van der Waals surface area contributed by atoms with Crippen LogP contribution in [0.2, 0.25) is 0 Å². The van der Waals surface area contributed by atoms with Crippen molar-refractivity contribution in [3.05, 3.63) is 35.4 Å². The number of aryl methyl sites for hydroxylation is 1. The number of carbonyl (C=O) groups is 1. The molecular formula is C17H26N2O2. The molecule has 4 heteroatoms. The molecule has 1 aromatic rings. The second kappa shape index (κ2) is 7.57. The van der Waals surface area contributed by atoms with Gasteiger partial charge in [0, 0.05) is 32.2 Å². The summed E-state index contributed by atoms with van der Waals surface area (Å²) in [4.78, 5) is 15.3. The molecule has 21 heavy (non-hydrogen) atoms. The Morgan fingerprint density at radius 2 is 1.90 bits per heavy atom. The average Bonchev–Trinajstić information content (AvgIpc) is 2.71. The van der Waals surface area contributed by atoms with E-state index in [1.807, 2.05) is 4.90 Å². The number of aliphatic carboxylic acids is 1. The first kappa shape index (κ1) is 16.0. The summed E-state index contributed by atoms with van der Waals surface area (Å²) in [5.74, 6) is -0.730. The lowest BCUT2D eigenvalue weighted by atomic mass is 10.0. The van der Waals surface area contributed by atoms with Gasteiger partial charge in [-0.15, -0.1) is 0 Å². The van der Waals surface area contributed by atoms with Crippen molar-refractivity contribution < 1.29 is 9.90 Å². The number of rotatable bonds is 5. The minimum absolute atomic E-state index is 0.160. The Labute approximate surface area is 127 Å². The summed E-state index contributed by atoms with van der Waals surface area (Å²) in [5, 5.41) is 8.90. The Bertz CT molecular complexity index is 458. The summed E-state index contributed by atoms with van der Waals surface area (Å²) < 4.78 is 0. The maximum Gasteiger partial charge on any atom is 0.317 e. The van der Waals surface area contributed by atoms with Crippen molar-refractivity contribution in [1.82, 2.24) is 9.80 Å². The molecule has 1 aliphatic heterocycles. The number of carboxylic acid groups (broad SMARTS) is 1. The van der Waals surface area contributed by atoms with E-state index < -0.39 is 5.97 Å². The fourth-order valence-electron chi connectivity index (χ4n) is 2.97. The van der Waals surface area contributed by atoms with Crippen LogP contribution in [-0.2, 0) is 11.2 Å². The topological polar surface area (TPSA) is 43.8 Å². The van der Waals surface area contributed by atoms with Gasteiger partial charge in [-0.25, -0.2) is 0 Å². The van der Waals surface area contributed by atoms with Gasteiger partial charge in [0.1, 0.15) is 0 Å². The average molecular weight is 290 g/mol. The van der Waals surface area contributed by atoms with Gasteiger partial charge in [0.2, 0.25) is 0 Å². The molecule has 1 aliphatic rings. The standard InChI is InChI=1S/C17H26N2O2/c1-3-15-5-7-16(8-6-15)14(2)19-10-4-9-18(11-12-19)13-17(20)21/h5-8,14H,3-4,9-13H2,1-2H3,(H,20,21). The van der Waals surface area contributed by atoms with E-state index in [0.29, 0.717) is 6.04 Å². The molecule has 116 valence electrons. The first-order chi connectivity index (χ1) is 10.1. The van der Waals surface area contributed by atoms with Gasteiger partial charge in [-0.2, -0.15) is 0 Å². The second-order valence-corrected chi connectivity index (χ2v) is 5.83. The smallest absolute Gasteiger partial charge is 0.317 e. The van der Waals surface area contributed by atoms with Gasteiger partial charge in [0.05, 0.1) is 6.54 Å². The summed E-state index contributed by atoms with van der Waals surface area (Å²) in [6.07, 6.45) is 2.10. The van der Waals surface area contributed by atoms with Gasteiger partial charge in [-0.3, -0.25) is 14.6 Å². The summed E-state index contributed by atoms with van der Waals surface area (Å²) in [6.45, 7) is 8.26. The zero-order valence-corrected chi connectivity index (χ0v) is 13.1. The molecule has 1 unspecified atom stereocenters. The Kier molecular flexibility index (Phi) is 5.76. The summed E-state index contributed by atoms with van der Waals surface area (Å²) in [6, 6.07) is 9.26. The molecule has 1 saturated heterocycles. The molecule has 0 radical (unpaired) electrons. The molecule has 0 aliphatic carbocycles. The largest absolute Gasteiger partial charge is 0.480 e. The van der Waals surface area contributed by atoms with E-state index in [-0.39, 0.29) is 6.54 Å². The Balaban J connectivity index is 1.95. The quantitative estimate of drug-likeness (QED) is 0.904. The van der Waals surface area contributed by atoms with Crippen LogP contribution < -0.4 is 0 Å². The van der Waals surface area contributed by atoms with Crippen molar-refractivity contribution >= 4 is 5.97 Å². The maximum absolute atomic E-state index is 10.8. The van der Waals surface area contributed by atoms with Crippen molar-refractivity contribution in [3.8, 4) is 0 Å². The lowest BCUT2D eigenvalue weighted by Crippen LogP contribution is -2.35. The van der Waals surface area contributed by atoms with Crippen LogP contribution >= 0.6 is 0 Å². The van der Waals surface area contributed by atoms with Crippen LogP contribution in [0.15, 0.2) is 24.3 Å². The highest BCUT2D eigenvalue weighted by atomic mass is 16.4. The third-order valence-corrected chi connectivity index (χ3v) is 4.40. The molecule has 0 bridgehead atoms. The van der Waals surface area contributed by atoms with E-state index in [4.69, 9.17) is 5.11 Å². The normalized spacial score (nSPS) is 19.1. The fraction of sp³-hybridized carbons (Fsp3) is 0.588. The molecule has 4 nitrogen and oxygen atoms in total. The van der Waals surface area contributed by atoms with E-state index in [1.165, 1.54) is 11.1 Å². The predicted molar refractivity (Wildman–Crippen MR) is 84.5 cm³/mol. The highest BCUT2D eigenvalue weighted by Gasteiger charge is 2.21. The monoisotopic (exact) mass is 290 g/mol. The number of carboxylic acids is 1. The summed E-state index contributed by atoms with van der Waals surface area (Å²) >= 11 is 0. The second-order valence-electron chi connectivity index (χ2n) is 5.83. The highest BCUT2D eigenvalue weighted by Crippen LogP contribution is 2.22. The molecule has 2 rings (SSSR count). The van der Waals surface area contributed by atoms with Crippen LogP contribution in [0.5, 0.6) is 0 Å². The van der Waals surface area contributed by atoms with Crippen LogP contribution in [0.3, 0.4) is 0 Å². The number of benzene rings is 1. The molecule has 0 amide bonds. The minimum Gasteiger partial charge on any atom is -0.480 e. The third kappa shape index (κ3) is 4.55. The van der Waals surface area contributed by atoms with Gasteiger partial charge in [0.25, 0.3) is 0 Å². The highest BCUT2D eigenvalue weighted by molar-refractivity contribution is 5.69. The molecule has 1 fully saturated rings. The molecule has 1 N–H and O–H groups in total. The Morgan fingerprint density at radius 3 is 2.52 bits per heavy atom. The van der Waals surface area contributed by atoms with Crippen LogP contribution in [0.25, 0.3) is 0 Å². The Hall–Kier alpha value is -1.39. The van der Waals surface area contributed by atoms with E-state index >= 15 is 0 Å². The molecule has 1 heterocycles. The molecule has 0 saturated carbocycles. The summed E-state index contributed by atoms with van der Waals surface area (Å²) in [7, 11) is 0. The van der Waals surface area contributed by atoms with E-state index in [9.17, 15) is 4.79 Å². The van der Waals surface area contributed by atoms with Crippen molar-refractivity contribution in [2.45, 2.75) is 32.7 Å². The molecule has 1 atom stereocenters. The van der Waals surface area contributed by atoms with Crippen molar-refractivity contribution in [2.24, 2.45) is 0 Å². The molecule has 0 spiro atoms. The van der Waals surface area contributed by atoms with Gasteiger partial charge in [-0.1, -0.05) is 31.2 Å². The maximum atomic E-state index is 10.8. The first-order valence-electron chi connectivity index (χ1n) is 7.87. The first-order valence-corrected chi connectivity index (χ1v) is 7.87. The van der Waals surface area contributed by atoms with E-state index in [1.54, 1.807) is 0 Å². The zero-order valence-electron chi connectivity index (χ0n) is 13.1. The van der Waals surface area contributed by atoms with Crippen LogP contribution in [0.4, 0.5) is 0 Å². The zero-order chi connectivity index (χ0) is 15.2. The van der Waals surface area contributed by atoms with Gasteiger partial charge < -0.3 is 5.11 Å². The van der Waals surface area contributed by atoms with Gasteiger partial charge in [-0.05, 0) is 30.9 Å². The molecular weight excluding hydrogens is 264 g/mol. The van der Waals surface area contributed by atoms with Crippen LogP contribution in [0.1, 0.15) is 37.4 Å². The van der Waals surface area contributed by atoms with Gasteiger partial charge >= 0.3 is 5.97 Å². The van der Waals surface area contributed by atoms with E-state index in [0.717, 1.165) is 39.0 Å². The molecule has 0 aromatic heterocycles. The van der Waals surface area contributed by atoms with E-state index in [2.05, 4.69) is 43.0 Å². The summed E-state index contributed by atoms with van der Waals surface area (Å²) in [5.41, 5.74) is 2.72. The minimum atomic E-state index is -0.730. The van der Waals surface area contributed by atoms with Crippen LogP contribution in [0, 0.1) is 0 Å². The lowest BCUT2D eigenvalue weighted by molar-refractivity contribution is -0.138. The number of hydrogen-bond acceptors (Lipinski definition) is 3.